The monoisotopic (exact) mass is 473 g/mol. The summed E-state index contributed by atoms with van der Waals surface area (Å²) in [5.41, 5.74) is 2.89. The Labute approximate surface area is 201 Å². The van der Waals surface area contributed by atoms with Crippen molar-refractivity contribution in [3.05, 3.63) is 90.0 Å². The molecule has 0 fully saturated rings. The summed E-state index contributed by atoms with van der Waals surface area (Å²) in [6.45, 7) is 3.10. The lowest BCUT2D eigenvalue weighted by atomic mass is 10.1. The van der Waals surface area contributed by atoms with E-state index in [0.29, 0.717) is 35.7 Å². The molecule has 1 amide bonds. The number of benzene rings is 3. The van der Waals surface area contributed by atoms with Gasteiger partial charge in [0.1, 0.15) is 0 Å². The van der Waals surface area contributed by atoms with Crippen molar-refractivity contribution in [1.82, 2.24) is 15.1 Å². The summed E-state index contributed by atoms with van der Waals surface area (Å²) in [7, 11) is 0. The minimum absolute atomic E-state index is 0.000496. The highest BCUT2D eigenvalue weighted by Crippen LogP contribution is 2.36. The van der Waals surface area contributed by atoms with E-state index in [4.69, 9.17) is 13.9 Å². The van der Waals surface area contributed by atoms with Crippen LogP contribution in [0.3, 0.4) is 0 Å². The third kappa shape index (κ3) is 5.07. The zero-order valence-corrected chi connectivity index (χ0v) is 19.4. The van der Waals surface area contributed by atoms with Crippen molar-refractivity contribution in [2.24, 2.45) is 0 Å². The lowest BCUT2D eigenvalue weighted by Crippen LogP contribution is -2.35. The molecule has 1 aromatic heterocycles. The molecule has 1 atom stereocenters. The summed E-state index contributed by atoms with van der Waals surface area (Å²) in [6, 6.07) is 25.4. The molecule has 0 aliphatic carbocycles. The third-order valence-corrected chi connectivity index (χ3v) is 6.32. The van der Waals surface area contributed by atoms with E-state index in [0.717, 1.165) is 16.7 Å². The fraction of sp³-hybridized carbons (Fsp3) is 0.192. The van der Waals surface area contributed by atoms with Gasteiger partial charge in [-0.25, -0.2) is 0 Å². The first-order valence-electron chi connectivity index (χ1n) is 10.9. The highest BCUT2D eigenvalue weighted by Gasteiger charge is 2.25. The van der Waals surface area contributed by atoms with Crippen LogP contribution in [-0.4, -0.2) is 33.0 Å². The predicted octanol–water partition coefficient (Wildman–Crippen LogP) is 5.17. The molecule has 172 valence electrons. The van der Waals surface area contributed by atoms with Crippen LogP contribution in [0, 0.1) is 0 Å². The molecule has 7 nitrogen and oxygen atoms in total. The normalized spacial score (nSPS) is 13.0. The molecule has 5 rings (SSSR count). The van der Waals surface area contributed by atoms with Crippen LogP contribution in [0.25, 0.3) is 11.5 Å². The first-order valence-corrected chi connectivity index (χ1v) is 11.8. The van der Waals surface area contributed by atoms with Crippen molar-refractivity contribution < 1.29 is 18.7 Å². The molecule has 0 saturated carbocycles. The average molecular weight is 474 g/mol. The van der Waals surface area contributed by atoms with Crippen molar-refractivity contribution in [3.8, 4) is 23.0 Å². The average Bonchev–Trinajstić information content (AvgIpc) is 3.53. The second-order valence-electron chi connectivity index (χ2n) is 7.87. The van der Waals surface area contributed by atoms with Gasteiger partial charge in [0.2, 0.25) is 18.6 Å². The number of amides is 1. The van der Waals surface area contributed by atoms with E-state index in [1.54, 1.807) is 6.07 Å². The van der Waals surface area contributed by atoms with Crippen molar-refractivity contribution in [3.63, 3.8) is 0 Å². The van der Waals surface area contributed by atoms with Crippen LogP contribution < -0.4 is 9.47 Å². The molecule has 4 aromatic rings. The van der Waals surface area contributed by atoms with Gasteiger partial charge in [-0.05, 0) is 36.2 Å². The predicted molar refractivity (Wildman–Crippen MR) is 128 cm³/mol. The quantitative estimate of drug-likeness (QED) is 0.327. The Morgan fingerprint density at radius 1 is 0.912 bits per heavy atom. The van der Waals surface area contributed by atoms with Crippen LogP contribution >= 0.6 is 11.8 Å². The van der Waals surface area contributed by atoms with Gasteiger partial charge in [-0.1, -0.05) is 72.4 Å². The third-order valence-electron chi connectivity index (χ3n) is 5.40. The Kier molecular flexibility index (Phi) is 6.49. The van der Waals surface area contributed by atoms with E-state index in [9.17, 15) is 4.79 Å². The maximum Gasteiger partial charge on any atom is 0.277 e. The molecule has 0 saturated heterocycles. The molecule has 2 heterocycles. The summed E-state index contributed by atoms with van der Waals surface area (Å²) >= 11 is 1.25. The molecule has 8 heteroatoms. The standard InChI is InChI=1S/C26H23N3O4S/c1-18(34-26-28-27-24(33-26)21-12-13-22-23(14-21)32-17-31-22)25(30)29(15-19-8-4-2-5-9-19)16-20-10-6-3-7-11-20/h2-14,18H,15-17H2,1H3. The number of hydrogen-bond acceptors (Lipinski definition) is 7. The molecule has 1 aliphatic heterocycles. The van der Waals surface area contributed by atoms with E-state index < -0.39 is 5.25 Å². The van der Waals surface area contributed by atoms with E-state index in [2.05, 4.69) is 10.2 Å². The first kappa shape index (κ1) is 22.0. The molecular weight excluding hydrogens is 450 g/mol. The molecule has 34 heavy (non-hydrogen) atoms. The Balaban J connectivity index is 1.30. The van der Waals surface area contributed by atoms with Crippen molar-refractivity contribution in [2.45, 2.75) is 30.5 Å². The summed E-state index contributed by atoms with van der Waals surface area (Å²) in [5.74, 6) is 1.70. The van der Waals surface area contributed by atoms with E-state index in [-0.39, 0.29) is 12.7 Å². The van der Waals surface area contributed by atoms with Gasteiger partial charge >= 0.3 is 0 Å². The number of hydrogen-bond donors (Lipinski definition) is 0. The Morgan fingerprint density at radius 2 is 1.56 bits per heavy atom. The summed E-state index contributed by atoms with van der Waals surface area (Å²) < 4.78 is 16.6. The Bertz CT molecular complexity index is 1220. The highest BCUT2D eigenvalue weighted by atomic mass is 32.2. The summed E-state index contributed by atoms with van der Waals surface area (Å²) in [4.78, 5) is 15.3. The van der Waals surface area contributed by atoms with Gasteiger partial charge in [-0.2, -0.15) is 0 Å². The molecule has 1 unspecified atom stereocenters. The molecule has 0 bridgehead atoms. The number of rotatable bonds is 8. The smallest absolute Gasteiger partial charge is 0.277 e. The SMILES string of the molecule is CC(Sc1nnc(-c2ccc3c(c2)OCO3)o1)C(=O)N(Cc1ccccc1)Cc1ccccc1. The van der Waals surface area contributed by atoms with Crippen LogP contribution in [0.2, 0.25) is 0 Å². The van der Waals surface area contributed by atoms with Crippen LogP contribution in [0.1, 0.15) is 18.1 Å². The van der Waals surface area contributed by atoms with E-state index in [1.165, 1.54) is 11.8 Å². The highest BCUT2D eigenvalue weighted by molar-refractivity contribution is 8.00. The number of thioether (sulfide) groups is 1. The van der Waals surface area contributed by atoms with Gasteiger partial charge in [-0.15, -0.1) is 10.2 Å². The number of aromatic nitrogens is 2. The van der Waals surface area contributed by atoms with E-state index >= 15 is 0 Å². The molecule has 1 aliphatic rings. The number of nitrogens with zero attached hydrogens (tertiary/aromatic N) is 3. The number of fused-ring (bicyclic) bond motifs is 1. The van der Waals surface area contributed by atoms with Gasteiger partial charge < -0.3 is 18.8 Å². The largest absolute Gasteiger partial charge is 0.454 e. The van der Waals surface area contributed by atoms with Gasteiger partial charge in [0.05, 0.1) is 5.25 Å². The maximum absolute atomic E-state index is 13.4. The zero-order valence-electron chi connectivity index (χ0n) is 18.6. The van der Waals surface area contributed by atoms with Gasteiger partial charge in [0, 0.05) is 18.7 Å². The van der Waals surface area contributed by atoms with Crippen molar-refractivity contribution >= 4 is 17.7 Å². The Morgan fingerprint density at radius 3 is 2.24 bits per heavy atom. The number of carbonyl (C=O) groups excluding carboxylic acids is 1. The zero-order chi connectivity index (χ0) is 23.3. The molecule has 0 spiro atoms. The molecule has 0 radical (unpaired) electrons. The van der Waals surface area contributed by atoms with Crippen molar-refractivity contribution in [1.29, 1.82) is 0 Å². The number of ether oxygens (including phenoxy) is 2. The van der Waals surface area contributed by atoms with Crippen LogP contribution in [0.15, 0.2) is 88.5 Å². The minimum Gasteiger partial charge on any atom is -0.454 e. The molecule has 3 aromatic carbocycles. The first-order chi connectivity index (χ1) is 16.7. The van der Waals surface area contributed by atoms with Gasteiger partial charge in [0.15, 0.2) is 11.5 Å². The number of carbonyl (C=O) groups is 1. The second-order valence-corrected chi connectivity index (χ2v) is 9.16. The van der Waals surface area contributed by atoms with Crippen LogP contribution in [0.4, 0.5) is 0 Å². The molecule has 0 N–H and O–H groups in total. The molecular formula is C26H23N3O4S. The Hall–Kier alpha value is -3.78. The lowest BCUT2D eigenvalue weighted by molar-refractivity contribution is -0.131. The second kappa shape index (κ2) is 10.0. The minimum atomic E-state index is -0.405. The van der Waals surface area contributed by atoms with Crippen LogP contribution in [-0.2, 0) is 17.9 Å². The maximum atomic E-state index is 13.4. The summed E-state index contributed by atoms with van der Waals surface area (Å²) in [6.07, 6.45) is 0. The fourth-order valence-electron chi connectivity index (χ4n) is 3.68. The topological polar surface area (TPSA) is 77.7 Å². The lowest BCUT2D eigenvalue weighted by Gasteiger charge is -2.25. The van der Waals surface area contributed by atoms with Crippen LogP contribution in [0.5, 0.6) is 11.5 Å². The fourth-order valence-corrected chi connectivity index (χ4v) is 4.45. The van der Waals surface area contributed by atoms with E-state index in [1.807, 2.05) is 84.6 Å². The van der Waals surface area contributed by atoms with Gasteiger partial charge in [0.25, 0.3) is 5.22 Å². The van der Waals surface area contributed by atoms with Gasteiger partial charge in [-0.3, -0.25) is 4.79 Å². The summed E-state index contributed by atoms with van der Waals surface area (Å²) in [5, 5.41) is 8.22. The van der Waals surface area contributed by atoms with Crippen molar-refractivity contribution in [2.75, 3.05) is 6.79 Å².